The topological polar surface area (TPSA) is 54.2 Å². The number of nitrogens with one attached hydrogen (secondary N) is 2. The van der Waals surface area contributed by atoms with E-state index in [-0.39, 0.29) is 0 Å². The van der Waals surface area contributed by atoms with Gasteiger partial charge < -0.3 is 15.2 Å². The van der Waals surface area contributed by atoms with Crippen LogP contribution in [0.25, 0.3) is 0 Å². The summed E-state index contributed by atoms with van der Waals surface area (Å²) in [6, 6.07) is 6.70. The van der Waals surface area contributed by atoms with E-state index in [1.54, 1.807) is 6.20 Å². The summed E-state index contributed by atoms with van der Waals surface area (Å²) in [7, 11) is 1.81. The fraction of sp³-hybridized carbons (Fsp3) is 0.444. The number of nitrogens with zero attached hydrogens (tertiary/aromatic N) is 3. The molecule has 1 heterocycles. The van der Waals surface area contributed by atoms with E-state index in [0.717, 1.165) is 38.4 Å². The predicted octanol–water partition coefficient (Wildman–Crippen LogP) is 2.30. The molecule has 23 heavy (non-hydrogen) atoms. The summed E-state index contributed by atoms with van der Waals surface area (Å²) in [6.45, 7) is 7.02. The standard InChI is InChI=1S/C18H27N5/c1-15-11-16(2)13-17(12-15)5-7-22-18(19-3)21-6-4-9-23-10-8-20-14-23/h8,10-14H,4-7,9H2,1-3H3,(H2,19,21,22). The van der Waals surface area contributed by atoms with Crippen LogP contribution >= 0.6 is 0 Å². The van der Waals surface area contributed by atoms with Crippen molar-refractivity contribution in [3.05, 3.63) is 53.6 Å². The lowest BCUT2D eigenvalue weighted by Gasteiger charge is -2.12. The molecule has 0 radical (unpaired) electrons. The molecule has 1 aromatic carbocycles. The van der Waals surface area contributed by atoms with Crippen molar-refractivity contribution in [1.29, 1.82) is 0 Å². The molecule has 0 aliphatic heterocycles. The lowest BCUT2D eigenvalue weighted by molar-refractivity contribution is 0.624. The minimum Gasteiger partial charge on any atom is -0.356 e. The minimum atomic E-state index is 0.861. The van der Waals surface area contributed by atoms with Crippen molar-refractivity contribution >= 4 is 5.96 Å². The van der Waals surface area contributed by atoms with Crippen LogP contribution in [0.3, 0.4) is 0 Å². The van der Waals surface area contributed by atoms with Gasteiger partial charge in [-0.2, -0.15) is 0 Å². The Kier molecular flexibility index (Phi) is 6.66. The zero-order chi connectivity index (χ0) is 16.5. The van der Waals surface area contributed by atoms with Gasteiger partial charge in [0.15, 0.2) is 5.96 Å². The second-order valence-electron chi connectivity index (χ2n) is 5.83. The largest absolute Gasteiger partial charge is 0.356 e. The van der Waals surface area contributed by atoms with Crippen molar-refractivity contribution in [2.75, 3.05) is 20.1 Å². The highest BCUT2D eigenvalue weighted by Gasteiger charge is 1.99. The number of hydrogen-bond acceptors (Lipinski definition) is 2. The monoisotopic (exact) mass is 313 g/mol. The van der Waals surface area contributed by atoms with Gasteiger partial charge in [0.25, 0.3) is 0 Å². The van der Waals surface area contributed by atoms with Crippen LogP contribution in [-0.4, -0.2) is 35.6 Å². The molecule has 2 rings (SSSR count). The van der Waals surface area contributed by atoms with Gasteiger partial charge in [0.1, 0.15) is 0 Å². The molecule has 0 spiro atoms. The van der Waals surface area contributed by atoms with E-state index >= 15 is 0 Å². The summed E-state index contributed by atoms with van der Waals surface area (Å²) < 4.78 is 2.08. The highest BCUT2D eigenvalue weighted by Crippen LogP contribution is 2.08. The zero-order valence-corrected chi connectivity index (χ0v) is 14.3. The Morgan fingerprint density at radius 3 is 2.52 bits per heavy atom. The molecule has 2 aromatic rings. The van der Waals surface area contributed by atoms with Gasteiger partial charge in [-0.3, -0.25) is 4.99 Å². The van der Waals surface area contributed by atoms with Gasteiger partial charge in [-0.25, -0.2) is 4.98 Å². The van der Waals surface area contributed by atoms with Crippen LogP contribution in [0.2, 0.25) is 0 Å². The lowest BCUT2D eigenvalue weighted by atomic mass is 10.1. The molecule has 0 aliphatic carbocycles. The SMILES string of the molecule is CN=C(NCCCn1ccnc1)NCCc1cc(C)cc(C)c1. The van der Waals surface area contributed by atoms with E-state index in [0.29, 0.717) is 0 Å². The number of hydrogen-bond donors (Lipinski definition) is 2. The molecular formula is C18H27N5. The molecule has 1 aromatic heterocycles. The molecule has 2 N–H and O–H groups in total. The van der Waals surface area contributed by atoms with E-state index in [2.05, 4.69) is 57.2 Å². The maximum absolute atomic E-state index is 4.26. The smallest absolute Gasteiger partial charge is 0.190 e. The molecule has 124 valence electrons. The van der Waals surface area contributed by atoms with Crippen molar-refractivity contribution in [3.63, 3.8) is 0 Å². The first-order valence-electron chi connectivity index (χ1n) is 8.15. The van der Waals surface area contributed by atoms with Gasteiger partial charge in [-0.1, -0.05) is 29.3 Å². The fourth-order valence-corrected chi connectivity index (χ4v) is 2.65. The van der Waals surface area contributed by atoms with E-state index in [4.69, 9.17) is 0 Å². The Morgan fingerprint density at radius 2 is 1.87 bits per heavy atom. The molecule has 0 atom stereocenters. The fourth-order valence-electron chi connectivity index (χ4n) is 2.65. The van der Waals surface area contributed by atoms with Crippen molar-refractivity contribution in [3.8, 4) is 0 Å². The third-order valence-electron chi connectivity index (χ3n) is 3.66. The third-order valence-corrected chi connectivity index (χ3v) is 3.66. The minimum absolute atomic E-state index is 0.861. The predicted molar refractivity (Wildman–Crippen MR) is 95.8 cm³/mol. The Balaban J connectivity index is 1.66. The van der Waals surface area contributed by atoms with Gasteiger partial charge in [-0.15, -0.1) is 0 Å². The second-order valence-corrected chi connectivity index (χ2v) is 5.83. The summed E-state index contributed by atoms with van der Waals surface area (Å²) >= 11 is 0. The van der Waals surface area contributed by atoms with Crippen LogP contribution in [-0.2, 0) is 13.0 Å². The summed E-state index contributed by atoms with van der Waals surface area (Å²) in [5, 5.41) is 6.72. The molecule has 0 fully saturated rings. The van der Waals surface area contributed by atoms with Crippen LogP contribution in [0.5, 0.6) is 0 Å². The van der Waals surface area contributed by atoms with Gasteiger partial charge in [0.2, 0.25) is 0 Å². The Hall–Kier alpha value is -2.30. The summed E-state index contributed by atoms with van der Waals surface area (Å²) in [6.07, 6.45) is 7.67. The zero-order valence-electron chi connectivity index (χ0n) is 14.3. The first-order chi connectivity index (χ1) is 11.2. The second kappa shape index (κ2) is 8.98. The van der Waals surface area contributed by atoms with Crippen molar-refractivity contribution < 1.29 is 0 Å². The van der Waals surface area contributed by atoms with Gasteiger partial charge in [0, 0.05) is 39.1 Å². The molecule has 0 unspecified atom stereocenters. The molecule has 0 amide bonds. The van der Waals surface area contributed by atoms with Crippen molar-refractivity contribution in [2.45, 2.75) is 33.2 Å². The number of aliphatic imine (C=N–C) groups is 1. The molecule has 0 saturated carbocycles. The Labute approximate surface area is 138 Å². The van der Waals surface area contributed by atoms with E-state index in [1.165, 1.54) is 16.7 Å². The summed E-state index contributed by atoms with van der Waals surface area (Å²) in [5.74, 6) is 0.861. The molecule has 5 heteroatoms. The lowest BCUT2D eigenvalue weighted by Crippen LogP contribution is -2.38. The average molecular weight is 313 g/mol. The quantitative estimate of drug-likeness (QED) is 0.468. The van der Waals surface area contributed by atoms with Crippen molar-refractivity contribution in [2.24, 2.45) is 4.99 Å². The summed E-state index contributed by atoms with van der Waals surface area (Å²) in [5.41, 5.74) is 4.01. The molecular weight excluding hydrogens is 286 g/mol. The van der Waals surface area contributed by atoms with Crippen LogP contribution in [0.1, 0.15) is 23.1 Å². The number of aromatic nitrogens is 2. The van der Waals surface area contributed by atoms with E-state index in [1.807, 2.05) is 19.6 Å². The Morgan fingerprint density at radius 1 is 1.13 bits per heavy atom. The molecule has 0 bridgehead atoms. The van der Waals surface area contributed by atoms with Crippen LogP contribution < -0.4 is 10.6 Å². The van der Waals surface area contributed by atoms with Crippen molar-refractivity contribution in [1.82, 2.24) is 20.2 Å². The van der Waals surface area contributed by atoms with Crippen LogP contribution in [0.15, 0.2) is 41.9 Å². The average Bonchev–Trinajstić information content (AvgIpc) is 3.02. The number of imidazole rings is 1. The first kappa shape index (κ1) is 17.1. The van der Waals surface area contributed by atoms with Crippen LogP contribution in [0, 0.1) is 13.8 Å². The van der Waals surface area contributed by atoms with E-state index < -0.39 is 0 Å². The highest BCUT2D eigenvalue weighted by molar-refractivity contribution is 5.79. The van der Waals surface area contributed by atoms with Gasteiger partial charge >= 0.3 is 0 Å². The number of rotatable bonds is 7. The normalized spacial score (nSPS) is 11.5. The number of aryl methyl sites for hydroxylation is 3. The maximum atomic E-state index is 4.26. The van der Waals surface area contributed by atoms with Gasteiger partial charge in [-0.05, 0) is 32.3 Å². The van der Waals surface area contributed by atoms with Crippen LogP contribution in [0.4, 0.5) is 0 Å². The highest BCUT2D eigenvalue weighted by atomic mass is 15.2. The third kappa shape index (κ3) is 6.14. The molecule has 0 aliphatic rings. The first-order valence-corrected chi connectivity index (χ1v) is 8.15. The number of benzene rings is 1. The number of guanidine groups is 1. The molecule has 0 saturated heterocycles. The van der Waals surface area contributed by atoms with Gasteiger partial charge in [0.05, 0.1) is 6.33 Å². The van der Waals surface area contributed by atoms with E-state index in [9.17, 15) is 0 Å². The maximum Gasteiger partial charge on any atom is 0.190 e. The Bertz CT molecular complexity index is 596. The molecule has 5 nitrogen and oxygen atoms in total. The summed E-state index contributed by atoms with van der Waals surface area (Å²) in [4.78, 5) is 8.30.